The second kappa shape index (κ2) is 8.41. The van der Waals surface area contributed by atoms with E-state index < -0.39 is 21.5 Å². The van der Waals surface area contributed by atoms with Crippen molar-refractivity contribution in [2.24, 2.45) is 10.9 Å². The van der Waals surface area contributed by atoms with E-state index in [9.17, 15) is 17.2 Å². The van der Waals surface area contributed by atoms with Gasteiger partial charge in [0.25, 0.3) is 0 Å². The molecule has 2 aliphatic rings. The number of anilines is 1. The van der Waals surface area contributed by atoms with E-state index >= 15 is 0 Å². The first-order valence-corrected chi connectivity index (χ1v) is 11.1. The first-order valence-electron chi connectivity index (χ1n) is 9.32. The number of para-hydroxylation sites is 1. The Kier molecular flexibility index (Phi) is 6.18. The molecule has 2 unspecified atom stereocenters. The largest absolute Gasteiger partial charge is 0.365 e. The number of sulfone groups is 1. The molecule has 2 N–H and O–H groups in total. The van der Waals surface area contributed by atoms with Crippen LogP contribution in [0.4, 0.5) is 14.5 Å². The maximum absolute atomic E-state index is 14.0. The Morgan fingerprint density at radius 3 is 2.67 bits per heavy atom. The Hall–Kier alpha value is -1.90. The number of halogens is 2. The monoisotopic (exact) mass is 400 g/mol. The standard InChI is InChI=1S/C18H26F2N4O2S/c1-2-21-18(22-10-13-7-9-27(25,26)12-13)23-14-6-8-24(11-14)17-15(19)4-3-5-16(17)20/h3-5,13-14H,2,6-12H2,1H3,(H2,21,22,23). The van der Waals surface area contributed by atoms with Crippen LogP contribution in [0.2, 0.25) is 0 Å². The third-order valence-electron chi connectivity index (χ3n) is 4.96. The van der Waals surface area contributed by atoms with E-state index in [-0.39, 0.29) is 29.2 Å². The van der Waals surface area contributed by atoms with Crippen LogP contribution < -0.4 is 15.5 Å². The molecule has 0 saturated carbocycles. The van der Waals surface area contributed by atoms with Crippen molar-refractivity contribution in [2.75, 3.05) is 42.6 Å². The lowest BCUT2D eigenvalue weighted by molar-refractivity contribution is 0.574. The van der Waals surface area contributed by atoms with E-state index in [2.05, 4.69) is 15.6 Å². The Morgan fingerprint density at radius 1 is 1.30 bits per heavy atom. The number of hydrogen-bond acceptors (Lipinski definition) is 4. The number of guanidine groups is 1. The van der Waals surface area contributed by atoms with Gasteiger partial charge in [-0.05, 0) is 37.8 Å². The van der Waals surface area contributed by atoms with Crippen LogP contribution >= 0.6 is 0 Å². The minimum absolute atomic E-state index is 0.00844. The Balaban J connectivity index is 1.60. The summed E-state index contributed by atoms with van der Waals surface area (Å²) in [5, 5.41) is 6.46. The van der Waals surface area contributed by atoms with Crippen molar-refractivity contribution in [3.05, 3.63) is 29.8 Å². The van der Waals surface area contributed by atoms with Gasteiger partial charge in [0.2, 0.25) is 0 Å². The van der Waals surface area contributed by atoms with E-state index in [0.29, 0.717) is 38.6 Å². The molecule has 1 aromatic carbocycles. The van der Waals surface area contributed by atoms with E-state index in [1.807, 2.05) is 6.92 Å². The van der Waals surface area contributed by atoms with Gasteiger partial charge in [-0.2, -0.15) is 0 Å². The lowest BCUT2D eigenvalue weighted by Gasteiger charge is -2.21. The molecule has 1 aromatic rings. The molecule has 0 spiro atoms. The average molecular weight is 400 g/mol. The molecule has 150 valence electrons. The SMILES string of the molecule is CCNC(=NCC1CCS(=O)(=O)C1)NC1CCN(c2c(F)cccc2F)C1. The molecular formula is C18H26F2N4O2S. The molecule has 0 bridgehead atoms. The highest BCUT2D eigenvalue weighted by Crippen LogP contribution is 2.26. The number of rotatable bonds is 5. The highest BCUT2D eigenvalue weighted by molar-refractivity contribution is 7.91. The molecule has 27 heavy (non-hydrogen) atoms. The number of nitrogens with zero attached hydrogens (tertiary/aromatic N) is 2. The summed E-state index contributed by atoms with van der Waals surface area (Å²) < 4.78 is 51.1. The summed E-state index contributed by atoms with van der Waals surface area (Å²) in [7, 11) is -2.91. The summed E-state index contributed by atoms with van der Waals surface area (Å²) in [5.74, 6) is -0.0131. The molecular weight excluding hydrogens is 374 g/mol. The molecule has 2 heterocycles. The molecule has 2 fully saturated rings. The number of nitrogens with one attached hydrogen (secondary N) is 2. The lowest BCUT2D eigenvalue weighted by Crippen LogP contribution is -2.45. The van der Waals surface area contributed by atoms with Crippen LogP contribution in [0.5, 0.6) is 0 Å². The zero-order valence-corrected chi connectivity index (χ0v) is 16.2. The van der Waals surface area contributed by atoms with Gasteiger partial charge in [-0.1, -0.05) is 6.07 Å². The van der Waals surface area contributed by atoms with Crippen LogP contribution in [0.1, 0.15) is 19.8 Å². The Bertz CT molecular complexity index is 780. The van der Waals surface area contributed by atoms with Crippen LogP contribution in [-0.2, 0) is 9.84 Å². The predicted octanol–water partition coefficient (Wildman–Crippen LogP) is 1.53. The summed E-state index contributed by atoms with van der Waals surface area (Å²) in [6, 6.07) is 3.90. The van der Waals surface area contributed by atoms with Gasteiger partial charge in [-0.15, -0.1) is 0 Å². The topological polar surface area (TPSA) is 73.8 Å². The molecule has 0 aliphatic carbocycles. The van der Waals surface area contributed by atoms with Crippen molar-refractivity contribution >= 4 is 21.5 Å². The van der Waals surface area contributed by atoms with Crippen molar-refractivity contribution in [3.63, 3.8) is 0 Å². The zero-order chi connectivity index (χ0) is 19.4. The van der Waals surface area contributed by atoms with Crippen LogP contribution in [-0.4, -0.2) is 58.1 Å². The van der Waals surface area contributed by atoms with Crippen LogP contribution in [0.15, 0.2) is 23.2 Å². The smallest absolute Gasteiger partial charge is 0.191 e. The van der Waals surface area contributed by atoms with Crippen molar-refractivity contribution in [2.45, 2.75) is 25.8 Å². The van der Waals surface area contributed by atoms with Crippen molar-refractivity contribution in [1.82, 2.24) is 10.6 Å². The summed E-state index contributed by atoms with van der Waals surface area (Å²) >= 11 is 0. The minimum Gasteiger partial charge on any atom is -0.365 e. The number of hydrogen-bond donors (Lipinski definition) is 2. The van der Waals surface area contributed by atoms with Crippen LogP contribution in [0, 0.1) is 17.6 Å². The fourth-order valence-electron chi connectivity index (χ4n) is 3.62. The maximum Gasteiger partial charge on any atom is 0.191 e. The minimum atomic E-state index is -2.91. The molecule has 3 rings (SSSR count). The molecule has 0 radical (unpaired) electrons. The molecule has 2 atom stereocenters. The quantitative estimate of drug-likeness (QED) is 0.579. The first kappa shape index (κ1) is 19.9. The Labute approximate surface area is 159 Å². The maximum atomic E-state index is 14.0. The second-order valence-electron chi connectivity index (χ2n) is 7.13. The summed E-state index contributed by atoms with van der Waals surface area (Å²) in [6.45, 7) is 4.10. The van der Waals surface area contributed by atoms with Gasteiger partial charge in [-0.3, -0.25) is 4.99 Å². The lowest BCUT2D eigenvalue weighted by atomic mass is 10.1. The molecule has 6 nitrogen and oxygen atoms in total. The fraction of sp³-hybridized carbons (Fsp3) is 0.611. The van der Waals surface area contributed by atoms with E-state index in [4.69, 9.17) is 0 Å². The third-order valence-corrected chi connectivity index (χ3v) is 6.80. The fourth-order valence-corrected chi connectivity index (χ4v) is 5.47. The van der Waals surface area contributed by atoms with E-state index in [1.165, 1.54) is 18.2 Å². The molecule has 9 heteroatoms. The normalized spacial score (nSPS) is 25.0. The number of aliphatic imine (C=N–C) groups is 1. The van der Waals surface area contributed by atoms with E-state index in [0.717, 1.165) is 6.42 Å². The third kappa shape index (κ3) is 5.09. The van der Waals surface area contributed by atoms with Crippen LogP contribution in [0.3, 0.4) is 0 Å². The molecule has 0 amide bonds. The van der Waals surface area contributed by atoms with Gasteiger partial charge in [0.1, 0.15) is 17.3 Å². The van der Waals surface area contributed by atoms with Gasteiger partial charge in [-0.25, -0.2) is 17.2 Å². The Morgan fingerprint density at radius 2 is 2.04 bits per heavy atom. The highest BCUT2D eigenvalue weighted by atomic mass is 32.2. The summed E-state index contributed by atoms with van der Waals surface area (Å²) in [4.78, 5) is 6.22. The van der Waals surface area contributed by atoms with Gasteiger partial charge < -0.3 is 15.5 Å². The second-order valence-corrected chi connectivity index (χ2v) is 9.36. The van der Waals surface area contributed by atoms with Gasteiger partial charge in [0.15, 0.2) is 15.8 Å². The first-order chi connectivity index (χ1) is 12.9. The summed E-state index contributed by atoms with van der Waals surface area (Å²) in [5.41, 5.74) is 0.0138. The van der Waals surface area contributed by atoms with Crippen LogP contribution in [0.25, 0.3) is 0 Å². The molecule has 2 aliphatic heterocycles. The van der Waals surface area contributed by atoms with Crippen molar-refractivity contribution < 1.29 is 17.2 Å². The zero-order valence-electron chi connectivity index (χ0n) is 15.4. The summed E-state index contributed by atoms with van der Waals surface area (Å²) in [6.07, 6.45) is 1.38. The number of benzene rings is 1. The van der Waals surface area contributed by atoms with E-state index in [1.54, 1.807) is 4.90 Å². The molecule has 2 saturated heterocycles. The van der Waals surface area contributed by atoms with Gasteiger partial charge in [0, 0.05) is 32.2 Å². The van der Waals surface area contributed by atoms with Crippen molar-refractivity contribution in [3.8, 4) is 0 Å². The molecule has 0 aromatic heterocycles. The predicted molar refractivity (Wildman–Crippen MR) is 103 cm³/mol. The van der Waals surface area contributed by atoms with Gasteiger partial charge in [0.05, 0.1) is 11.5 Å². The average Bonchev–Trinajstić information content (AvgIpc) is 3.19. The van der Waals surface area contributed by atoms with Crippen molar-refractivity contribution in [1.29, 1.82) is 0 Å². The highest BCUT2D eigenvalue weighted by Gasteiger charge is 2.29. The van der Waals surface area contributed by atoms with Gasteiger partial charge >= 0.3 is 0 Å².